The van der Waals surface area contributed by atoms with Gasteiger partial charge in [0.1, 0.15) is 11.0 Å². The lowest BCUT2D eigenvalue weighted by atomic mass is 9.81. The number of hydrogen-bond donors (Lipinski definition) is 3. The van der Waals surface area contributed by atoms with Crippen molar-refractivity contribution >= 4 is 28.6 Å². The van der Waals surface area contributed by atoms with Gasteiger partial charge in [0.2, 0.25) is 5.91 Å². The Labute approximate surface area is 120 Å². The molecule has 1 aliphatic carbocycles. The van der Waals surface area contributed by atoms with E-state index >= 15 is 0 Å². The third-order valence-corrected chi connectivity index (χ3v) is 3.98. The van der Waals surface area contributed by atoms with Gasteiger partial charge >= 0.3 is 5.97 Å². The van der Waals surface area contributed by atoms with Gasteiger partial charge in [-0.1, -0.05) is 6.42 Å². The van der Waals surface area contributed by atoms with Gasteiger partial charge in [-0.25, -0.2) is 0 Å². The van der Waals surface area contributed by atoms with Crippen LogP contribution in [0.4, 0.5) is 5.69 Å². The van der Waals surface area contributed by atoms with Crippen molar-refractivity contribution in [3.05, 3.63) is 18.2 Å². The summed E-state index contributed by atoms with van der Waals surface area (Å²) in [7, 11) is 0. The summed E-state index contributed by atoms with van der Waals surface area (Å²) in [6.07, 6.45) is 2.58. The van der Waals surface area contributed by atoms with E-state index in [9.17, 15) is 9.59 Å². The molecule has 0 aliphatic heterocycles. The molecule has 21 heavy (non-hydrogen) atoms. The summed E-state index contributed by atoms with van der Waals surface area (Å²) in [5.41, 5.74) is 2.07. The number of anilines is 1. The SMILES string of the molecule is O=C(O)C1CCCC(C(=O)Nc2ccc3n[nH]nc3c2)C1. The van der Waals surface area contributed by atoms with E-state index in [0.29, 0.717) is 24.0 Å². The number of rotatable bonds is 3. The zero-order valence-corrected chi connectivity index (χ0v) is 11.4. The molecule has 2 unspecified atom stereocenters. The molecule has 0 radical (unpaired) electrons. The van der Waals surface area contributed by atoms with Crippen LogP contribution < -0.4 is 5.32 Å². The first kappa shape index (κ1) is 13.5. The zero-order valence-electron chi connectivity index (χ0n) is 11.4. The average molecular weight is 288 g/mol. The number of H-pyrrole nitrogens is 1. The van der Waals surface area contributed by atoms with E-state index < -0.39 is 11.9 Å². The number of amides is 1. The molecule has 0 saturated heterocycles. The maximum Gasteiger partial charge on any atom is 0.306 e. The molecule has 3 N–H and O–H groups in total. The summed E-state index contributed by atoms with van der Waals surface area (Å²) in [4.78, 5) is 23.3. The summed E-state index contributed by atoms with van der Waals surface area (Å²) in [5.74, 6) is -1.58. The smallest absolute Gasteiger partial charge is 0.306 e. The van der Waals surface area contributed by atoms with Crippen molar-refractivity contribution in [2.45, 2.75) is 25.7 Å². The molecule has 2 atom stereocenters. The van der Waals surface area contributed by atoms with Crippen LogP contribution in [0, 0.1) is 11.8 Å². The fraction of sp³-hybridized carbons (Fsp3) is 0.429. The van der Waals surface area contributed by atoms with Crippen LogP contribution in [0.5, 0.6) is 0 Å². The predicted octanol–water partition coefficient (Wildman–Crippen LogP) is 1.79. The lowest BCUT2D eigenvalue weighted by Crippen LogP contribution is -2.30. The second-order valence-electron chi connectivity index (χ2n) is 5.42. The minimum Gasteiger partial charge on any atom is -0.481 e. The summed E-state index contributed by atoms with van der Waals surface area (Å²) in [6.45, 7) is 0. The minimum absolute atomic E-state index is 0.121. The van der Waals surface area contributed by atoms with Gasteiger partial charge in [0.05, 0.1) is 5.92 Å². The van der Waals surface area contributed by atoms with E-state index in [1.807, 2.05) is 0 Å². The number of fused-ring (bicyclic) bond motifs is 1. The van der Waals surface area contributed by atoms with Crippen LogP contribution in [0.15, 0.2) is 18.2 Å². The number of aromatic amines is 1. The van der Waals surface area contributed by atoms with Crippen LogP contribution in [0.3, 0.4) is 0 Å². The van der Waals surface area contributed by atoms with E-state index in [-0.39, 0.29) is 11.8 Å². The second kappa shape index (κ2) is 5.51. The van der Waals surface area contributed by atoms with Crippen LogP contribution in [-0.4, -0.2) is 32.4 Å². The molecule has 1 saturated carbocycles. The third-order valence-electron chi connectivity index (χ3n) is 3.98. The molecule has 1 heterocycles. The molecule has 2 aromatic rings. The third kappa shape index (κ3) is 2.86. The zero-order chi connectivity index (χ0) is 14.8. The second-order valence-corrected chi connectivity index (χ2v) is 5.42. The minimum atomic E-state index is -0.809. The molecular weight excluding hydrogens is 272 g/mol. The van der Waals surface area contributed by atoms with Gasteiger partial charge in [0, 0.05) is 11.6 Å². The van der Waals surface area contributed by atoms with Crippen molar-refractivity contribution in [1.82, 2.24) is 15.4 Å². The van der Waals surface area contributed by atoms with Gasteiger partial charge in [-0.15, -0.1) is 0 Å². The number of carbonyl (C=O) groups is 2. The number of aliphatic carboxylic acids is 1. The Balaban J connectivity index is 1.69. The molecule has 1 aromatic carbocycles. The van der Waals surface area contributed by atoms with Crippen LogP contribution >= 0.6 is 0 Å². The van der Waals surface area contributed by atoms with Crippen molar-refractivity contribution < 1.29 is 14.7 Å². The Kier molecular flexibility index (Phi) is 3.55. The fourth-order valence-electron chi connectivity index (χ4n) is 2.81. The van der Waals surface area contributed by atoms with Gasteiger partial charge in [-0.05, 0) is 37.5 Å². The molecule has 110 valence electrons. The van der Waals surface area contributed by atoms with Crippen LogP contribution in [0.2, 0.25) is 0 Å². The maximum absolute atomic E-state index is 12.3. The number of carboxylic acid groups (broad SMARTS) is 1. The highest BCUT2D eigenvalue weighted by atomic mass is 16.4. The first-order chi connectivity index (χ1) is 10.1. The van der Waals surface area contributed by atoms with Crippen molar-refractivity contribution in [2.24, 2.45) is 11.8 Å². The van der Waals surface area contributed by atoms with Crippen LogP contribution in [0.1, 0.15) is 25.7 Å². The topological polar surface area (TPSA) is 108 Å². The van der Waals surface area contributed by atoms with E-state index in [4.69, 9.17) is 5.11 Å². The highest BCUT2D eigenvalue weighted by Crippen LogP contribution is 2.30. The molecule has 7 heteroatoms. The first-order valence-corrected chi connectivity index (χ1v) is 6.97. The largest absolute Gasteiger partial charge is 0.481 e. The highest BCUT2D eigenvalue weighted by Gasteiger charge is 2.31. The number of nitrogens with one attached hydrogen (secondary N) is 2. The van der Waals surface area contributed by atoms with Crippen molar-refractivity contribution in [2.75, 3.05) is 5.32 Å². The summed E-state index contributed by atoms with van der Waals surface area (Å²) in [5, 5.41) is 22.3. The molecule has 1 aliphatic rings. The van der Waals surface area contributed by atoms with E-state index in [1.54, 1.807) is 18.2 Å². The molecule has 0 bridgehead atoms. The fourth-order valence-corrected chi connectivity index (χ4v) is 2.81. The van der Waals surface area contributed by atoms with Crippen LogP contribution in [-0.2, 0) is 9.59 Å². The molecule has 1 aromatic heterocycles. The van der Waals surface area contributed by atoms with Gasteiger partial charge < -0.3 is 10.4 Å². The van der Waals surface area contributed by atoms with E-state index in [0.717, 1.165) is 18.4 Å². The van der Waals surface area contributed by atoms with Crippen molar-refractivity contribution in [1.29, 1.82) is 0 Å². The van der Waals surface area contributed by atoms with E-state index in [1.165, 1.54) is 0 Å². The molecule has 0 spiro atoms. The number of benzene rings is 1. The van der Waals surface area contributed by atoms with Crippen molar-refractivity contribution in [3.8, 4) is 0 Å². The molecule has 1 fully saturated rings. The average Bonchev–Trinajstić information content (AvgIpc) is 2.95. The Morgan fingerprint density at radius 2 is 1.95 bits per heavy atom. The Bertz CT molecular complexity index is 682. The molecule has 1 amide bonds. The summed E-state index contributed by atoms with van der Waals surface area (Å²) in [6, 6.07) is 5.28. The summed E-state index contributed by atoms with van der Waals surface area (Å²) >= 11 is 0. The lowest BCUT2D eigenvalue weighted by molar-refractivity contribution is -0.143. The first-order valence-electron chi connectivity index (χ1n) is 6.97. The van der Waals surface area contributed by atoms with Crippen LogP contribution in [0.25, 0.3) is 11.0 Å². The Morgan fingerprint density at radius 1 is 1.19 bits per heavy atom. The Morgan fingerprint density at radius 3 is 2.76 bits per heavy atom. The van der Waals surface area contributed by atoms with E-state index in [2.05, 4.69) is 20.7 Å². The number of carboxylic acids is 1. The van der Waals surface area contributed by atoms with Gasteiger partial charge in [0.15, 0.2) is 0 Å². The summed E-state index contributed by atoms with van der Waals surface area (Å²) < 4.78 is 0. The standard InChI is InChI=1S/C14H16N4O3/c19-13(8-2-1-3-9(6-8)14(20)21)15-10-4-5-11-12(7-10)17-18-16-11/h4-5,7-9H,1-3,6H2,(H,15,19)(H,20,21)(H,16,17,18). The maximum atomic E-state index is 12.3. The monoisotopic (exact) mass is 288 g/mol. The lowest BCUT2D eigenvalue weighted by Gasteiger charge is -2.25. The number of carbonyl (C=O) groups excluding carboxylic acids is 1. The molecule has 3 rings (SSSR count). The molecular formula is C14H16N4O3. The molecule has 7 nitrogen and oxygen atoms in total. The number of aromatic nitrogens is 3. The predicted molar refractivity (Wildman–Crippen MR) is 75.6 cm³/mol. The highest BCUT2D eigenvalue weighted by molar-refractivity contribution is 5.94. The van der Waals surface area contributed by atoms with Crippen molar-refractivity contribution in [3.63, 3.8) is 0 Å². The normalized spacial score (nSPS) is 22.1. The van der Waals surface area contributed by atoms with Gasteiger partial charge in [-0.2, -0.15) is 15.4 Å². The van der Waals surface area contributed by atoms with Gasteiger partial charge in [0.25, 0.3) is 0 Å². The quantitative estimate of drug-likeness (QED) is 0.798. The Hall–Kier alpha value is -2.44. The number of nitrogens with zero attached hydrogens (tertiary/aromatic N) is 2. The van der Waals surface area contributed by atoms with Gasteiger partial charge in [-0.3, -0.25) is 9.59 Å². The number of hydrogen-bond acceptors (Lipinski definition) is 4.